The van der Waals surface area contributed by atoms with Crippen LogP contribution in [-0.2, 0) is 4.79 Å². The predicted octanol–water partition coefficient (Wildman–Crippen LogP) is 4.39. The summed E-state index contributed by atoms with van der Waals surface area (Å²) in [6, 6.07) is 5.24. The van der Waals surface area contributed by atoms with Crippen molar-refractivity contribution in [1.29, 1.82) is 0 Å². The Morgan fingerprint density at radius 1 is 1.39 bits per heavy atom. The first-order valence-corrected chi connectivity index (χ1v) is 7.47. The van der Waals surface area contributed by atoms with Gasteiger partial charge in [-0.1, -0.05) is 30.1 Å². The van der Waals surface area contributed by atoms with Gasteiger partial charge in [0.05, 0.1) is 10.8 Å². The van der Waals surface area contributed by atoms with Crippen molar-refractivity contribution in [3.05, 3.63) is 28.2 Å². The van der Waals surface area contributed by atoms with Crippen molar-refractivity contribution in [1.82, 2.24) is 5.32 Å². The van der Waals surface area contributed by atoms with Crippen molar-refractivity contribution in [3.63, 3.8) is 0 Å². The monoisotopic (exact) mass is 305 g/mol. The fourth-order valence-electron chi connectivity index (χ4n) is 1.23. The molecule has 1 N–H and O–H groups in total. The highest BCUT2D eigenvalue weighted by Gasteiger charge is 2.17. The Bertz CT molecular complexity index is 435. The number of benzene rings is 1. The summed E-state index contributed by atoms with van der Waals surface area (Å²) in [5.74, 6) is 0.339. The molecule has 18 heavy (non-hydrogen) atoms. The van der Waals surface area contributed by atoms with Crippen LogP contribution in [0, 0.1) is 0 Å². The van der Waals surface area contributed by atoms with Gasteiger partial charge in [0.1, 0.15) is 0 Å². The summed E-state index contributed by atoms with van der Waals surface area (Å²) in [6.45, 7) is 6.05. The lowest BCUT2D eigenvalue weighted by Gasteiger charge is -2.24. The van der Waals surface area contributed by atoms with Gasteiger partial charge in [-0.2, -0.15) is 0 Å². The molecule has 0 unspecified atom stereocenters. The van der Waals surface area contributed by atoms with Gasteiger partial charge < -0.3 is 5.32 Å². The lowest BCUT2D eigenvalue weighted by Crippen LogP contribution is -2.43. The van der Waals surface area contributed by atoms with E-state index in [0.29, 0.717) is 15.8 Å². The first-order valence-electron chi connectivity index (χ1n) is 5.73. The molecule has 0 bridgehead atoms. The van der Waals surface area contributed by atoms with Crippen LogP contribution in [0.3, 0.4) is 0 Å². The Morgan fingerprint density at radius 2 is 2.06 bits per heavy atom. The standard InChI is InChI=1S/C13H17Cl2NOS/c1-4-13(2,3)16-12(17)8-18-11-7-9(14)5-6-10(11)15/h5-7H,4,8H2,1-3H3,(H,16,17). The molecule has 0 atom stereocenters. The third-order valence-electron chi connectivity index (χ3n) is 2.61. The second kappa shape index (κ2) is 6.69. The van der Waals surface area contributed by atoms with Crippen molar-refractivity contribution in [3.8, 4) is 0 Å². The predicted molar refractivity (Wildman–Crippen MR) is 79.7 cm³/mol. The van der Waals surface area contributed by atoms with Crippen molar-refractivity contribution in [2.24, 2.45) is 0 Å². The van der Waals surface area contributed by atoms with E-state index in [2.05, 4.69) is 5.32 Å². The summed E-state index contributed by atoms with van der Waals surface area (Å²) < 4.78 is 0. The molecule has 1 amide bonds. The van der Waals surface area contributed by atoms with Crippen LogP contribution in [-0.4, -0.2) is 17.2 Å². The second-order valence-corrected chi connectivity index (χ2v) is 6.51. The maximum atomic E-state index is 11.8. The number of rotatable bonds is 5. The number of hydrogen-bond donors (Lipinski definition) is 1. The molecule has 0 aliphatic heterocycles. The topological polar surface area (TPSA) is 29.1 Å². The van der Waals surface area contributed by atoms with E-state index in [-0.39, 0.29) is 11.4 Å². The van der Waals surface area contributed by atoms with Crippen molar-refractivity contribution < 1.29 is 4.79 Å². The molecule has 1 aromatic carbocycles. The van der Waals surface area contributed by atoms with Crippen LogP contribution in [0.2, 0.25) is 10.0 Å². The van der Waals surface area contributed by atoms with Gasteiger partial charge >= 0.3 is 0 Å². The second-order valence-electron chi connectivity index (χ2n) is 4.65. The SMILES string of the molecule is CCC(C)(C)NC(=O)CSc1cc(Cl)ccc1Cl. The van der Waals surface area contributed by atoms with Gasteiger partial charge in [0, 0.05) is 15.5 Å². The smallest absolute Gasteiger partial charge is 0.230 e. The Kier molecular flexibility index (Phi) is 5.83. The zero-order valence-electron chi connectivity index (χ0n) is 10.7. The van der Waals surface area contributed by atoms with E-state index in [1.54, 1.807) is 18.2 Å². The van der Waals surface area contributed by atoms with Gasteiger partial charge in [0.15, 0.2) is 0 Å². The highest BCUT2D eigenvalue weighted by atomic mass is 35.5. The lowest BCUT2D eigenvalue weighted by molar-refractivity contribution is -0.120. The van der Waals surface area contributed by atoms with Crippen molar-refractivity contribution in [2.45, 2.75) is 37.6 Å². The highest BCUT2D eigenvalue weighted by molar-refractivity contribution is 8.00. The van der Waals surface area contributed by atoms with E-state index in [1.807, 2.05) is 20.8 Å². The quantitative estimate of drug-likeness (QED) is 0.817. The van der Waals surface area contributed by atoms with Crippen molar-refractivity contribution >= 4 is 40.9 Å². The Hall–Kier alpha value is -0.380. The Labute approximate surface area is 122 Å². The molecular formula is C13H17Cl2NOS. The summed E-state index contributed by atoms with van der Waals surface area (Å²) in [5.41, 5.74) is -0.171. The lowest BCUT2D eigenvalue weighted by atomic mass is 10.0. The first kappa shape index (κ1) is 15.7. The fraction of sp³-hybridized carbons (Fsp3) is 0.462. The molecule has 5 heteroatoms. The summed E-state index contributed by atoms with van der Waals surface area (Å²) in [6.07, 6.45) is 0.890. The molecule has 0 saturated heterocycles. The summed E-state index contributed by atoms with van der Waals surface area (Å²) in [7, 11) is 0. The molecule has 0 aromatic heterocycles. The van der Waals surface area contributed by atoms with Crippen LogP contribution in [0.4, 0.5) is 0 Å². The number of amides is 1. The van der Waals surface area contributed by atoms with Gasteiger partial charge in [-0.15, -0.1) is 11.8 Å². The van der Waals surface area contributed by atoms with Gasteiger partial charge in [-0.25, -0.2) is 0 Å². The molecule has 0 heterocycles. The van der Waals surface area contributed by atoms with Gasteiger partial charge in [-0.05, 0) is 38.5 Å². The largest absolute Gasteiger partial charge is 0.351 e. The first-order chi connectivity index (χ1) is 8.34. The maximum Gasteiger partial charge on any atom is 0.230 e. The van der Waals surface area contributed by atoms with Crippen LogP contribution in [0.15, 0.2) is 23.1 Å². The molecule has 0 aliphatic carbocycles. The van der Waals surface area contributed by atoms with Crippen LogP contribution in [0.1, 0.15) is 27.2 Å². The molecule has 0 fully saturated rings. The van der Waals surface area contributed by atoms with E-state index in [0.717, 1.165) is 11.3 Å². The summed E-state index contributed by atoms with van der Waals surface area (Å²) >= 11 is 13.3. The maximum absolute atomic E-state index is 11.8. The fourth-order valence-corrected chi connectivity index (χ4v) is 2.53. The summed E-state index contributed by atoms with van der Waals surface area (Å²) in [4.78, 5) is 12.6. The van der Waals surface area contributed by atoms with Crippen LogP contribution < -0.4 is 5.32 Å². The van der Waals surface area contributed by atoms with E-state index in [9.17, 15) is 4.79 Å². The average Bonchev–Trinajstić information content (AvgIpc) is 2.30. The minimum atomic E-state index is -0.171. The molecule has 1 rings (SSSR count). The molecule has 0 spiro atoms. The normalized spacial score (nSPS) is 11.4. The Morgan fingerprint density at radius 3 is 2.67 bits per heavy atom. The highest BCUT2D eigenvalue weighted by Crippen LogP contribution is 2.29. The molecule has 100 valence electrons. The van der Waals surface area contributed by atoms with E-state index in [1.165, 1.54) is 11.8 Å². The van der Waals surface area contributed by atoms with Gasteiger partial charge in [0.25, 0.3) is 0 Å². The number of nitrogens with one attached hydrogen (secondary N) is 1. The van der Waals surface area contributed by atoms with Crippen LogP contribution >= 0.6 is 35.0 Å². The number of carbonyl (C=O) groups is 1. The molecule has 1 aromatic rings. The molecule has 0 saturated carbocycles. The molecule has 0 aliphatic rings. The van der Waals surface area contributed by atoms with E-state index >= 15 is 0 Å². The molecular weight excluding hydrogens is 289 g/mol. The number of carbonyl (C=O) groups excluding carboxylic acids is 1. The number of halogens is 2. The minimum Gasteiger partial charge on any atom is -0.351 e. The average molecular weight is 306 g/mol. The van der Waals surface area contributed by atoms with Crippen molar-refractivity contribution in [2.75, 3.05) is 5.75 Å². The van der Waals surface area contributed by atoms with E-state index < -0.39 is 0 Å². The third-order valence-corrected chi connectivity index (χ3v) is 4.35. The molecule has 0 radical (unpaired) electrons. The van der Waals surface area contributed by atoms with E-state index in [4.69, 9.17) is 23.2 Å². The summed E-state index contributed by atoms with van der Waals surface area (Å²) in [5, 5.41) is 4.21. The van der Waals surface area contributed by atoms with Crippen LogP contribution in [0.25, 0.3) is 0 Å². The number of hydrogen-bond acceptors (Lipinski definition) is 2. The molecule has 2 nitrogen and oxygen atoms in total. The van der Waals surface area contributed by atoms with Gasteiger partial charge in [-0.3, -0.25) is 4.79 Å². The van der Waals surface area contributed by atoms with Crippen LogP contribution in [0.5, 0.6) is 0 Å². The van der Waals surface area contributed by atoms with Gasteiger partial charge in [0.2, 0.25) is 5.91 Å². The third kappa shape index (κ3) is 5.09. The Balaban J connectivity index is 2.55. The zero-order valence-corrected chi connectivity index (χ0v) is 13.0. The zero-order chi connectivity index (χ0) is 13.8. The minimum absolute atomic E-state index is 0.00268. The number of thioether (sulfide) groups is 1.